The van der Waals surface area contributed by atoms with Crippen LogP contribution >= 0.6 is 0 Å². The topological polar surface area (TPSA) is 49.8 Å². The van der Waals surface area contributed by atoms with Gasteiger partial charge in [-0.2, -0.15) is 0 Å². The van der Waals surface area contributed by atoms with Crippen LogP contribution in [0.2, 0.25) is 0 Å². The van der Waals surface area contributed by atoms with Crippen molar-refractivity contribution in [2.45, 2.75) is 13.8 Å². The average molecular weight is 132 g/mol. The molecule has 1 aliphatic heterocycles. The summed E-state index contributed by atoms with van der Waals surface area (Å²) in [5.41, 5.74) is 0. The Kier molecular flexibility index (Phi) is 4.05. The van der Waals surface area contributed by atoms with Gasteiger partial charge < -0.3 is 9.84 Å². The average Bonchev–Trinajstić information content (AvgIpc) is 2.46. The summed E-state index contributed by atoms with van der Waals surface area (Å²) in [6.45, 7) is 5.28. The van der Waals surface area contributed by atoms with E-state index in [0.717, 1.165) is 13.2 Å². The molecule has 1 saturated heterocycles. The summed E-state index contributed by atoms with van der Waals surface area (Å²) in [5.74, 6) is -0.972. The Morgan fingerprint density at radius 3 is 1.78 bits per heavy atom. The molecule has 3 heteroatoms. The van der Waals surface area contributed by atoms with Gasteiger partial charge in [-0.1, -0.05) is 13.8 Å². The zero-order chi connectivity index (χ0) is 7.28. The lowest BCUT2D eigenvalue weighted by molar-refractivity contribution is -0.140. The lowest BCUT2D eigenvalue weighted by Gasteiger charge is -1.89. The zero-order valence-corrected chi connectivity index (χ0v) is 5.76. The maximum Gasteiger partial charge on any atom is 0.305 e. The Labute approximate surface area is 54.6 Å². The first kappa shape index (κ1) is 8.43. The van der Waals surface area contributed by atoms with E-state index in [1.54, 1.807) is 13.8 Å². The molecule has 1 rings (SSSR count). The number of hydrogen-bond acceptors (Lipinski definition) is 2. The quantitative estimate of drug-likeness (QED) is 0.535. The van der Waals surface area contributed by atoms with Gasteiger partial charge >= 0.3 is 5.97 Å². The molecule has 9 heavy (non-hydrogen) atoms. The number of carboxylic acid groups (broad SMARTS) is 1. The van der Waals surface area contributed by atoms with Gasteiger partial charge in [-0.3, -0.25) is 4.79 Å². The first-order valence-electron chi connectivity index (χ1n) is 2.95. The lowest BCUT2D eigenvalue weighted by Crippen LogP contribution is -2.03. The van der Waals surface area contributed by atoms with Gasteiger partial charge in [0.05, 0.1) is 19.1 Å². The van der Waals surface area contributed by atoms with Crippen LogP contribution in [0.15, 0.2) is 0 Å². The summed E-state index contributed by atoms with van der Waals surface area (Å²) < 4.78 is 4.50. The van der Waals surface area contributed by atoms with Crippen molar-refractivity contribution < 1.29 is 14.6 Å². The molecule has 1 heterocycles. The second kappa shape index (κ2) is 4.32. The van der Waals surface area contributed by atoms with Crippen molar-refractivity contribution in [3.8, 4) is 0 Å². The molecular formula is C6H12O3. The lowest BCUT2D eigenvalue weighted by atomic mass is 10.2. The number of hydrogen-bond donors (Lipinski definition) is 1. The van der Waals surface area contributed by atoms with Crippen LogP contribution in [0.1, 0.15) is 13.8 Å². The van der Waals surface area contributed by atoms with Gasteiger partial charge in [0.15, 0.2) is 0 Å². The molecule has 54 valence electrons. The van der Waals surface area contributed by atoms with E-state index < -0.39 is 5.97 Å². The van der Waals surface area contributed by atoms with Crippen molar-refractivity contribution in [3.05, 3.63) is 0 Å². The van der Waals surface area contributed by atoms with Gasteiger partial charge in [0.2, 0.25) is 0 Å². The molecule has 0 aromatic rings. The van der Waals surface area contributed by atoms with Gasteiger partial charge in [-0.25, -0.2) is 0 Å². The van der Waals surface area contributed by atoms with Crippen LogP contribution in [-0.4, -0.2) is 24.3 Å². The highest BCUT2D eigenvalue weighted by Crippen LogP contribution is 1.87. The summed E-state index contributed by atoms with van der Waals surface area (Å²) in [6.07, 6.45) is 0. The molecular weight excluding hydrogens is 120 g/mol. The van der Waals surface area contributed by atoms with Crippen molar-refractivity contribution in [1.82, 2.24) is 0 Å². The fourth-order valence-electron chi connectivity index (χ4n) is 0. The minimum absolute atomic E-state index is 0.231. The Morgan fingerprint density at radius 2 is 1.78 bits per heavy atom. The van der Waals surface area contributed by atoms with E-state index in [0.29, 0.717) is 0 Å². The summed E-state index contributed by atoms with van der Waals surface area (Å²) in [6, 6.07) is 0. The molecule has 0 unspecified atom stereocenters. The van der Waals surface area contributed by atoms with Gasteiger partial charge in [0.1, 0.15) is 0 Å². The predicted molar refractivity (Wildman–Crippen MR) is 33.3 cm³/mol. The molecule has 1 fully saturated rings. The number of ether oxygens (including phenoxy) is 1. The molecule has 0 radical (unpaired) electrons. The highest BCUT2D eigenvalue weighted by molar-refractivity contribution is 5.68. The summed E-state index contributed by atoms with van der Waals surface area (Å²) in [5, 5.41) is 7.99. The van der Waals surface area contributed by atoms with E-state index in [4.69, 9.17) is 5.11 Å². The predicted octanol–water partition coefficient (Wildman–Crippen LogP) is 0.744. The normalized spacial score (nSPS) is 14.1. The molecule has 3 nitrogen and oxygen atoms in total. The minimum atomic E-state index is -0.741. The first-order chi connectivity index (χ1) is 4.14. The molecule has 0 aromatic carbocycles. The molecule has 0 bridgehead atoms. The largest absolute Gasteiger partial charge is 0.481 e. The van der Waals surface area contributed by atoms with Crippen LogP contribution in [0, 0.1) is 5.92 Å². The van der Waals surface area contributed by atoms with Crippen LogP contribution in [-0.2, 0) is 9.53 Å². The van der Waals surface area contributed by atoms with E-state index in [-0.39, 0.29) is 5.92 Å². The molecule has 0 saturated carbocycles. The van der Waals surface area contributed by atoms with Crippen LogP contribution in [0.3, 0.4) is 0 Å². The Morgan fingerprint density at radius 1 is 1.56 bits per heavy atom. The molecule has 0 atom stereocenters. The molecule has 1 aliphatic rings. The van der Waals surface area contributed by atoms with Crippen molar-refractivity contribution >= 4 is 5.97 Å². The number of carboxylic acids is 1. The van der Waals surface area contributed by atoms with Crippen molar-refractivity contribution in [1.29, 1.82) is 0 Å². The summed E-state index contributed by atoms with van der Waals surface area (Å²) in [4.78, 5) is 9.70. The van der Waals surface area contributed by atoms with E-state index in [1.165, 1.54) is 0 Å². The van der Waals surface area contributed by atoms with E-state index in [1.807, 2.05) is 0 Å². The first-order valence-corrected chi connectivity index (χ1v) is 2.95. The third-order valence-corrected chi connectivity index (χ3v) is 0.698. The van der Waals surface area contributed by atoms with E-state index in [9.17, 15) is 4.79 Å². The molecule has 1 N–H and O–H groups in total. The summed E-state index contributed by atoms with van der Waals surface area (Å²) in [7, 11) is 0. The summed E-state index contributed by atoms with van der Waals surface area (Å²) >= 11 is 0. The van der Waals surface area contributed by atoms with Crippen LogP contribution in [0.5, 0.6) is 0 Å². The minimum Gasteiger partial charge on any atom is -0.481 e. The number of carbonyl (C=O) groups is 1. The molecule has 0 amide bonds. The Hall–Kier alpha value is -0.570. The maximum atomic E-state index is 9.70. The van der Waals surface area contributed by atoms with Gasteiger partial charge in [-0.05, 0) is 0 Å². The van der Waals surface area contributed by atoms with E-state index >= 15 is 0 Å². The third-order valence-electron chi connectivity index (χ3n) is 0.698. The van der Waals surface area contributed by atoms with Crippen LogP contribution in [0.25, 0.3) is 0 Å². The molecule has 0 spiro atoms. The third kappa shape index (κ3) is 11.2. The van der Waals surface area contributed by atoms with Crippen molar-refractivity contribution in [3.63, 3.8) is 0 Å². The highest BCUT2D eigenvalue weighted by Gasteiger charge is 1.99. The SMILES string of the molecule is C1CO1.CC(C)C(=O)O. The second-order valence-electron chi connectivity index (χ2n) is 2.11. The standard InChI is InChI=1S/C4H8O2.C2H4O/c1-3(2)4(5)6;1-2-3-1/h3H,1-2H3,(H,5,6);1-2H2. The van der Waals surface area contributed by atoms with Crippen LogP contribution in [0.4, 0.5) is 0 Å². The second-order valence-corrected chi connectivity index (χ2v) is 2.11. The zero-order valence-electron chi connectivity index (χ0n) is 5.76. The fraction of sp³-hybridized carbons (Fsp3) is 0.833. The number of epoxide rings is 1. The van der Waals surface area contributed by atoms with Crippen molar-refractivity contribution in [2.75, 3.05) is 13.2 Å². The van der Waals surface area contributed by atoms with Crippen LogP contribution < -0.4 is 0 Å². The Bertz CT molecular complexity index is 83.5. The van der Waals surface area contributed by atoms with Gasteiger partial charge in [-0.15, -0.1) is 0 Å². The highest BCUT2D eigenvalue weighted by atomic mass is 16.6. The van der Waals surface area contributed by atoms with Gasteiger partial charge in [0.25, 0.3) is 0 Å². The van der Waals surface area contributed by atoms with E-state index in [2.05, 4.69) is 4.74 Å². The number of rotatable bonds is 1. The Balaban J connectivity index is 0.000000173. The molecule has 0 aliphatic carbocycles. The smallest absolute Gasteiger partial charge is 0.305 e. The fourth-order valence-corrected chi connectivity index (χ4v) is 0. The number of aliphatic carboxylic acids is 1. The van der Waals surface area contributed by atoms with Gasteiger partial charge in [0, 0.05) is 0 Å². The van der Waals surface area contributed by atoms with Crippen molar-refractivity contribution in [2.24, 2.45) is 5.92 Å². The maximum absolute atomic E-state index is 9.70. The monoisotopic (exact) mass is 132 g/mol. The molecule has 0 aromatic heterocycles.